The molecule has 1 N–H and O–H groups in total. The number of hydrogen-bond acceptors (Lipinski definition) is 6. The molecule has 2 rings (SSSR count). The fraction of sp³-hybridized carbons (Fsp3) is 0.632. The molecule has 0 saturated heterocycles. The van der Waals surface area contributed by atoms with Crippen molar-refractivity contribution in [3.05, 3.63) is 16.0 Å². The second-order valence-electron chi connectivity index (χ2n) is 6.80. The van der Waals surface area contributed by atoms with Gasteiger partial charge in [-0.05, 0) is 32.3 Å². The van der Waals surface area contributed by atoms with E-state index in [1.54, 1.807) is 39.7 Å². The molecule has 8 heteroatoms. The Bertz CT molecular complexity index is 694. The van der Waals surface area contributed by atoms with Crippen LogP contribution in [0.1, 0.15) is 64.6 Å². The molecule has 27 heavy (non-hydrogen) atoms. The number of amides is 2. The van der Waals surface area contributed by atoms with Gasteiger partial charge < -0.3 is 15.0 Å². The molecule has 150 valence electrons. The van der Waals surface area contributed by atoms with Crippen molar-refractivity contribution >= 4 is 45.9 Å². The van der Waals surface area contributed by atoms with Crippen LogP contribution in [0.5, 0.6) is 0 Å². The Balaban J connectivity index is 2.15. The summed E-state index contributed by atoms with van der Waals surface area (Å²) < 4.78 is 5.13. The lowest BCUT2D eigenvalue weighted by atomic mass is 10.0. The van der Waals surface area contributed by atoms with Gasteiger partial charge in [0.2, 0.25) is 5.91 Å². The van der Waals surface area contributed by atoms with Gasteiger partial charge in [-0.25, -0.2) is 4.79 Å². The van der Waals surface area contributed by atoms with E-state index in [4.69, 9.17) is 4.74 Å². The van der Waals surface area contributed by atoms with Crippen LogP contribution in [-0.4, -0.2) is 54.4 Å². The number of rotatable bonds is 7. The Hall–Kier alpha value is -1.54. The lowest BCUT2D eigenvalue weighted by molar-refractivity contribution is -0.113. The summed E-state index contributed by atoms with van der Waals surface area (Å²) in [4.78, 5) is 39.1. The molecule has 1 aliphatic carbocycles. The molecule has 0 bridgehead atoms. The van der Waals surface area contributed by atoms with E-state index in [9.17, 15) is 14.4 Å². The largest absolute Gasteiger partial charge is 0.462 e. The fourth-order valence-corrected chi connectivity index (χ4v) is 5.40. The topological polar surface area (TPSA) is 75.7 Å². The van der Waals surface area contributed by atoms with Crippen LogP contribution in [0.4, 0.5) is 5.00 Å². The number of nitrogens with one attached hydrogen (secondary N) is 1. The highest BCUT2D eigenvalue weighted by Gasteiger charge is 2.27. The van der Waals surface area contributed by atoms with E-state index in [1.807, 2.05) is 0 Å². The number of hydrogen-bond donors (Lipinski definition) is 1. The van der Waals surface area contributed by atoms with E-state index in [0.29, 0.717) is 26.4 Å². The lowest BCUT2D eigenvalue weighted by Crippen LogP contribution is -2.21. The van der Waals surface area contributed by atoms with Crippen molar-refractivity contribution in [2.75, 3.05) is 31.8 Å². The zero-order valence-electron chi connectivity index (χ0n) is 16.4. The van der Waals surface area contributed by atoms with Crippen LogP contribution in [0.15, 0.2) is 0 Å². The number of thioether (sulfide) groups is 1. The van der Waals surface area contributed by atoms with Gasteiger partial charge in [-0.1, -0.05) is 19.3 Å². The van der Waals surface area contributed by atoms with Gasteiger partial charge in [0.25, 0.3) is 5.91 Å². The Labute approximate surface area is 169 Å². The van der Waals surface area contributed by atoms with E-state index in [2.05, 4.69) is 5.32 Å². The van der Waals surface area contributed by atoms with E-state index < -0.39 is 5.97 Å². The van der Waals surface area contributed by atoms with Gasteiger partial charge in [0.05, 0.1) is 22.8 Å². The minimum absolute atomic E-state index is 0.152. The van der Waals surface area contributed by atoms with Crippen molar-refractivity contribution in [3.8, 4) is 0 Å². The van der Waals surface area contributed by atoms with Crippen LogP contribution >= 0.6 is 23.1 Å². The van der Waals surface area contributed by atoms with Gasteiger partial charge in [-0.3, -0.25) is 9.59 Å². The maximum atomic E-state index is 12.4. The highest BCUT2D eigenvalue weighted by molar-refractivity contribution is 8.00. The summed E-state index contributed by atoms with van der Waals surface area (Å²) in [5, 5.41) is 3.76. The maximum absolute atomic E-state index is 12.4. The van der Waals surface area contributed by atoms with Gasteiger partial charge >= 0.3 is 5.97 Å². The fourth-order valence-electron chi connectivity index (χ4n) is 3.05. The average molecular weight is 413 g/mol. The summed E-state index contributed by atoms with van der Waals surface area (Å²) in [7, 11) is 3.31. The first-order valence-electron chi connectivity index (χ1n) is 9.28. The zero-order valence-corrected chi connectivity index (χ0v) is 18.1. The zero-order chi connectivity index (χ0) is 20.0. The highest BCUT2D eigenvalue weighted by atomic mass is 32.2. The first-order chi connectivity index (χ1) is 12.8. The summed E-state index contributed by atoms with van der Waals surface area (Å²) in [6, 6.07) is 0. The van der Waals surface area contributed by atoms with Crippen molar-refractivity contribution in [1.82, 2.24) is 4.90 Å². The summed E-state index contributed by atoms with van der Waals surface area (Å²) in [5.74, 6) is -0.512. The second kappa shape index (κ2) is 10.1. The molecule has 2 amide bonds. The smallest absolute Gasteiger partial charge is 0.341 e. The van der Waals surface area contributed by atoms with E-state index in [0.717, 1.165) is 24.2 Å². The number of thiophene rings is 1. The molecular weight excluding hydrogens is 384 g/mol. The number of carbonyl (C=O) groups excluding carboxylic acids is 3. The van der Waals surface area contributed by atoms with Gasteiger partial charge in [-0.2, -0.15) is 0 Å². The van der Waals surface area contributed by atoms with Gasteiger partial charge in [0.1, 0.15) is 5.00 Å². The van der Waals surface area contributed by atoms with Crippen LogP contribution in [-0.2, 0) is 9.53 Å². The molecular formula is C19H28N2O4S2. The van der Waals surface area contributed by atoms with Crippen LogP contribution in [0.2, 0.25) is 0 Å². The van der Waals surface area contributed by atoms with Crippen molar-refractivity contribution in [1.29, 1.82) is 0 Å². The van der Waals surface area contributed by atoms with Crippen molar-refractivity contribution < 1.29 is 19.1 Å². The molecule has 1 heterocycles. The third-order valence-corrected chi connectivity index (χ3v) is 7.05. The molecule has 1 aromatic rings. The summed E-state index contributed by atoms with van der Waals surface area (Å²) in [6.45, 7) is 3.67. The van der Waals surface area contributed by atoms with Crippen molar-refractivity contribution in [2.24, 2.45) is 0 Å². The van der Waals surface area contributed by atoms with E-state index in [-0.39, 0.29) is 24.0 Å². The number of esters is 1. The summed E-state index contributed by atoms with van der Waals surface area (Å²) >= 11 is 2.81. The SMILES string of the molecule is CCOC(=O)c1c(NC(=O)CSC2CCCCC2)sc(C(=O)N(C)C)c1C. The Morgan fingerprint density at radius 3 is 2.48 bits per heavy atom. The molecule has 0 radical (unpaired) electrons. The van der Waals surface area contributed by atoms with Crippen LogP contribution in [0.25, 0.3) is 0 Å². The predicted molar refractivity (Wildman–Crippen MR) is 111 cm³/mol. The third kappa shape index (κ3) is 5.72. The van der Waals surface area contributed by atoms with Gasteiger partial charge in [0.15, 0.2) is 0 Å². The third-order valence-electron chi connectivity index (χ3n) is 4.48. The molecule has 1 aliphatic rings. The maximum Gasteiger partial charge on any atom is 0.341 e. The monoisotopic (exact) mass is 412 g/mol. The molecule has 1 aromatic heterocycles. The van der Waals surface area contributed by atoms with Crippen LogP contribution in [0, 0.1) is 6.92 Å². The Morgan fingerprint density at radius 2 is 1.89 bits per heavy atom. The number of nitrogens with zero attached hydrogens (tertiary/aromatic N) is 1. The van der Waals surface area contributed by atoms with E-state index in [1.165, 1.54) is 24.2 Å². The minimum atomic E-state index is -0.515. The molecule has 0 spiro atoms. The lowest BCUT2D eigenvalue weighted by Gasteiger charge is -2.20. The average Bonchev–Trinajstić information content (AvgIpc) is 2.96. The summed E-state index contributed by atoms with van der Waals surface area (Å²) in [6.07, 6.45) is 6.05. The minimum Gasteiger partial charge on any atom is -0.462 e. The molecule has 1 saturated carbocycles. The predicted octanol–water partition coefficient (Wildman–Crippen LogP) is 3.94. The second-order valence-corrected chi connectivity index (χ2v) is 9.11. The molecule has 6 nitrogen and oxygen atoms in total. The first-order valence-corrected chi connectivity index (χ1v) is 11.1. The van der Waals surface area contributed by atoms with Crippen LogP contribution in [0.3, 0.4) is 0 Å². The quantitative estimate of drug-likeness (QED) is 0.687. The molecule has 0 atom stereocenters. The number of ether oxygens (including phenoxy) is 1. The first kappa shape index (κ1) is 21.8. The van der Waals surface area contributed by atoms with Crippen LogP contribution < -0.4 is 5.32 Å². The molecule has 1 fully saturated rings. The van der Waals surface area contributed by atoms with E-state index >= 15 is 0 Å². The molecule has 0 aliphatic heterocycles. The normalized spacial score (nSPS) is 14.7. The summed E-state index contributed by atoms with van der Waals surface area (Å²) in [5.41, 5.74) is 0.829. The standard InChI is InChI=1S/C19H28N2O4S2/c1-5-25-19(24)15-12(2)16(18(23)21(3)4)27-17(15)20-14(22)11-26-13-9-7-6-8-10-13/h13H,5-11H2,1-4H3,(H,20,22). The van der Waals surface area contributed by atoms with Gasteiger partial charge in [-0.15, -0.1) is 23.1 Å². The van der Waals surface area contributed by atoms with Crippen molar-refractivity contribution in [3.63, 3.8) is 0 Å². The molecule has 0 aromatic carbocycles. The Kier molecular flexibility index (Phi) is 8.16. The molecule has 0 unspecified atom stereocenters. The Morgan fingerprint density at radius 1 is 1.22 bits per heavy atom. The van der Waals surface area contributed by atoms with Crippen molar-refractivity contribution in [2.45, 2.75) is 51.2 Å². The highest BCUT2D eigenvalue weighted by Crippen LogP contribution is 2.35. The van der Waals surface area contributed by atoms with Gasteiger partial charge in [0, 0.05) is 19.3 Å². The number of anilines is 1. The number of carbonyl (C=O) groups is 3.